The van der Waals surface area contributed by atoms with E-state index in [2.05, 4.69) is 28.5 Å². The summed E-state index contributed by atoms with van der Waals surface area (Å²) in [6.07, 6.45) is 13.7. The highest BCUT2D eigenvalue weighted by Crippen LogP contribution is 2.36. The van der Waals surface area contributed by atoms with E-state index in [4.69, 9.17) is 0 Å². The number of hydrogen-bond donors (Lipinski definition) is 1. The van der Waals surface area contributed by atoms with E-state index in [0.29, 0.717) is 17.5 Å². The van der Waals surface area contributed by atoms with E-state index >= 15 is 0 Å². The zero-order chi connectivity index (χ0) is 23.0. The van der Waals surface area contributed by atoms with E-state index in [0.717, 1.165) is 54.6 Å². The fourth-order valence-electron chi connectivity index (χ4n) is 4.99. The number of amides is 2. The number of nitrogens with one attached hydrogen (secondary N) is 1. The number of allylic oxidation sites excluding steroid dienone is 2. The molecule has 2 amide bonds. The third-order valence-corrected chi connectivity index (χ3v) is 8.03. The van der Waals surface area contributed by atoms with Gasteiger partial charge in [0, 0.05) is 49.1 Å². The maximum Gasteiger partial charge on any atom is 0.317 e. The van der Waals surface area contributed by atoms with Gasteiger partial charge in [-0.2, -0.15) is 0 Å². The van der Waals surface area contributed by atoms with Crippen LogP contribution in [0.2, 0.25) is 0 Å². The van der Waals surface area contributed by atoms with Crippen LogP contribution >= 0.6 is 0 Å². The Balaban J connectivity index is 1.31. The van der Waals surface area contributed by atoms with Gasteiger partial charge in [0.25, 0.3) is 0 Å². The molecule has 0 saturated heterocycles. The molecule has 7 heteroatoms. The van der Waals surface area contributed by atoms with Crippen molar-refractivity contribution in [2.24, 2.45) is 0 Å². The number of rotatable bonds is 4. The lowest BCUT2D eigenvalue weighted by Crippen LogP contribution is -2.45. The number of pyridine rings is 1. The van der Waals surface area contributed by atoms with Gasteiger partial charge >= 0.3 is 6.03 Å². The smallest absolute Gasteiger partial charge is 0.317 e. The predicted octanol–water partition coefficient (Wildman–Crippen LogP) is 4.38. The molecule has 2 aliphatic carbocycles. The Kier molecular flexibility index (Phi) is 5.83. The van der Waals surface area contributed by atoms with Crippen molar-refractivity contribution in [2.75, 3.05) is 19.3 Å². The molecule has 2 aromatic rings. The highest BCUT2D eigenvalue weighted by Gasteiger charge is 2.25. The van der Waals surface area contributed by atoms with E-state index in [1.807, 2.05) is 23.2 Å². The molecule has 1 N–H and O–H groups in total. The Bertz CT molecular complexity index is 1240. The summed E-state index contributed by atoms with van der Waals surface area (Å²) in [7, 11) is -3.22. The molecule has 5 rings (SSSR count). The topological polar surface area (TPSA) is 79.4 Å². The van der Waals surface area contributed by atoms with Gasteiger partial charge in [-0.05, 0) is 54.2 Å². The molecule has 0 unspecified atom stereocenters. The number of aromatic nitrogens is 1. The number of benzene rings is 1. The van der Waals surface area contributed by atoms with Crippen molar-refractivity contribution in [3.05, 3.63) is 65.5 Å². The summed E-state index contributed by atoms with van der Waals surface area (Å²) in [5.74, 6) is 0. The fourth-order valence-corrected chi connectivity index (χ4v) is 5.62. The number of nitrogens with zero attached hydrogens (tertiary/aromatic N) is 2. The third kappa shape index (κ3) is 4.60. The van der Waals surface area contributed by atoms with Crippen LogP contribution in [0.15, 0.2) is 59.1 Å². The van der Waals surface area contributed by atoms with Crippen molar-refractivity contribution in [3.63, 3.8) is 0 Å². The fraction of sp³-hybridized carbons (Fsp3) is 0.385. The number of carbonyl (C=O) groups is 1. The van der Waals surface area contributed by atoms with Gasteiger partial charge in [0.15, 0.2) is 9.84 Å². The molecular weight excluding hydrogens is 434 g/mol. The lowest BCUT2D eigenvalue weighted by Gasteiger charge is -2.28. The predicted molar refractivity (Wildman–Crippen MR) is 130 cm³/mol. The molecule has 3 aliphatic rings. The van der Waals surface area contributed by atoms with Crippen molar-refractivity contribution in [3.8, 4) is 11.1 Å². The van der Waals surface area contributed by atoms with Gasteiger partial charge in [-0.15, -0.1) is 0 Å². The van der Waals surface area contributed by atoms with Crippen molar-refractivity contribution < 1.29 is 13.2 Å². The Morgan fingerprint density at radius 1 is 1.09 bits per heavy atom. The van der Waals surface area contributed by atoms with Gasteiger partial charge in [-0.3, -0.25) is 4.98 Å². The summed E-state index contributed by atoms with van der Waals surface area (Å²) in [4.78, 5) is 19.5. The molecule has 1 aromatic carbocycles. The van der Waals surface area contributed by atoms with Gasteiger partial charge in [-0.1, -0.05) is 37.1 Å². The van der Waals surface area contributed by atoms with Crippen LogP contribution in [0.25, 0.3) is 16.7 Å². The second kappa shape index (κ2) is 8.78. The van der Waals surface area contributed by atoms with Crippen LogP contribution in [-0.4, -0.2) is 49.7 Å². The number of sulfone groups is 1. The zero-order valence-corrected chi connectivity index (χ0v) is 19.7. The third-order valence-electron chi connectivity index (χ3n) is 6.90. The van der Waals surface area contributed by atoms with Crippen LogP contribution in [0.1, 0.15) is 43.4 Å². The molecule has 172 valence electrons. The summed E-state index contributed by atoms with van der Waals surface area (Å²) in [6.45, 7) is 1.35. The molecule has 6 nitrogen and oxygen atoms in total. The van der Waals surface area contributed by atoms with Crippen molar-refractivity contribution in [2.45, 2.75) is 49.5 Å². The van der Waals surface area contributed by atoms with Crippen LogP contribution in [-0.2, 0) is 16.3 Å². The van der Waals surface area contributed by atoms with E-state index < -0.39 is 9.84 Å². The average Bonchev–Trinajstić information content (AvgIpc) is 3.48. The molecule has 1 fully saturated rings. The van der Waals surface area contributed by atoms with Gasteiger partial charge in [0.1, 0.15) is 0 Å². The Morgan fingerprint density at radius 3 is 2.52 bits per heavy atom. The average molecular weight is 464 g/mol. The first kappa shape index (κ1) is 21.9. The molecule has 1 aromatic heterocycles. The minimum Gasteiger partial charge on any atom is -0.335 e. The van der Waals surface area contributed by atoms with Crippen LogP contribution in [0.4, 0.5) is 4.79 Å². The summed E-state index contributed by atoms with van der Waals surface area (Å²) >= 11 is 0. The van der Waals surface area contributed by atoms with Crippen LogP contribution in [0.5, 0.6) is 0 Å². The number of urea groups is 1. The SMILES string of the molecule is CS(=O)(=O)c1ccc(-c2cnc3c(c2)C(C2=CCN(C(=O)NC4CCCC4)CC2)=CC3)cc1. The highest BCUT2D eigenvalue weighted by atomic mass is 32.2. The molecule has 2 heterocycles. The molecule has 0 spiro atoms. The van der Waals surface area contributed by atoms with Crippen LogP contribution in [0.3, 0.4) is 0 Å². The highest BCUT2D eigenvalue weighted by molar-refractivity contribution is 7.90. The largest absolute Gasteiger partial charge is 0.335 e. The monoisotopic (exact) mass is 463 g/mol. The van der Waals surface area contributed by atoms with Gasteiger partial charge in [-0.25, -0.2) is 13.2 Å². The Morgan fingerprint density at radius 2 is 1.85 bits per heavy atom. The molecule has 0 radical (unpaired) electrons. The van der Waals surface area contributed by atoms with Crippen molar-refractivity contribution >= 4 is 21.4 Å². The summed E-state index contributed by atoms with van der Waals surface area (Å²) < 4.78 is 23.5. The molecule has 33 heavy (non-hydrogen) atoms. The molecule has 1 saturated carbocycles. The minimum atomic E-state index is -3.22. The second-order valence-corrected chi connectivity index (χ2v) is 11.2. The first-order valence-corrected chi connectivity index (χ1v) is 13.5. The lowest BCUT2D eigenvalue weighted by molar-refractivity contribution is 0.198. The standard InChI is InChI=1S/C26H29N3O3S/c1-33(31,32)22-8-6-18(7-9-22)20-16-24-23(10-11-25(24)27-17-20)19-12-14-29(15-13-19)26(30)28-21-4-2-3-5-21/h6-10,12,16-17,21H,2-5,11,13-15H2,1H3,(H,28,30). The maximum absolute atomic E-state index is 12.6. The Labute approximate surface area is 195 Å². The Hall–Kier alpha value is -2.93. The molecule has 0 atom stereocenters. The molecular formula is C26H29N3O3S. The van der Waals surface area contributed by atoms with E-state index in [9.17, 15) is 13.2 Å². The van der Waals surface area contributed by atoms with E-state index in [-0.39, 0.29) is 6.03 Å². The van der Waals surface area contributed by atoms with Gasteiger partial charge in [0.2, 0.25) is 0 Å². The molecule has 1 aliphatic heterocycles. The summed E-state index contributed by atoms with van der Waals surface area (Å²) in [5, 5.41) is 3.18. The summed E-state index contributed by atoms with van der Waals surface area (Å²) in [5.41, 5.74) is 6.58. The van der Waals surface area contributed by atoms with Crippen LogP contribution in [0, 0.1) is 0 Å². The molecule has 0 bridgehead atoms. The zero-order valence-electron chi connectivity index (χ0n) is 18.9. The van der Waals surface area contributed by atoms with Crippen molar-refractivity contribution in [1.82, 2.24) is 15.2 Å². The minimum absolute atomic E-state index is 0.0551. The first-order valence-electron chi connectivity index (χ1n) is 11.6. The van der Waals surface area contributed by atoms with Crippen molar-refractivity contribution in [1.29, 1.82) is 0 Å². The second-order valence-electron chi connectivity index (χ2n) is 9.19. The van der Waals surface area contributed by atoms with Crippen LogP contribution < -0.4 is 5.32 Å². The number of hydrogen-bond acceptors (Lipinski definition) is 4. The van der Waals surface area contributed by atoms with Gasteiger partial charge in [0.05, 0.1) is 10.6 Å². The first-order chi connectivity index (χ1) is 15.9. The normalized spacial score (nSPS) is 18.6. The van der Waals surface area contributed by atoms with E-state index in [1.54, 1.807) is 12.1 Å². The van der Waals surface area contributed by atoms with E-state index in [1.165, 1.54) is 30.2 Å². The summed E-state index contributed by atoms with van der Waals surface area (Å²) in [6, 6.07) is 9.49. The maximum atomic E-state index is 12.6. The quantitative estimate of drug-likeness (QED) is 0.730. The number of carbonyl (C=O) groups excluding carboxylic acids is 1. The van der Waals surface area contributed by atoms with Gasteiger partial charge < -0.3 is 10.2 Å². The number of fused-ring (bicyclic) bond motifs is 1. The lowest BCUT2D eigenvalue weighted by atomic mass is 9.94.